The van der Waals surface area contributed by atoms with E-state index in [0.717, 1.165) is 12.6 Å². The summed E-state index contributed by atoms with van der Waals surface area (Å²) in [5, 5.41) is 13.8. The Labute approximate surface area is 128 Å². The lowest BCUT2D eigenvalue weighted by Gasteiger charge is -2.24. The second-order valence-electron chi connectivity index (χ2n) is 5.39. The molecule has 0 amide bonds. The molecule has 0 atom stereocenters. The fourth-order valence-corrected chi connectivity index (χ4v) is 2.89. The summed E-state index contributed by atoms with van der Waals surface area (Å²) in [5.41, 5.74) is -0.0355. The Morgan fingerprint density at radius 1 is 1.48 bits per heavy atom. The van der Waals surface area contributed by atoms with Crippen LogP contribution in [0.25, 0.3) is 0 Å². The maximum absolute atomic E-state index is 13.3. The van der Waals surface area contributed by atoms with Crippen LogP contribution in [-0.4, -0.2) is 36.0 Å². The van der Waals surface area contributed by atoms with Crippen LogP contribution in [0.1, 0.15) is 25.7 Å². The molecule has 0 aliphatic heterocycles. The van der Waals surface area contributed by atoms with Crippen molar-refractivity contribution in [3.63, 3.8) is 0 Å². The third-order valence-electron chi connectivity index (χ3n) is 3.96. The van der Waals surface area contributed by atoms with Crippen molar-refractivity contribution < 1.29 is 9.31 Å². The summed E-state index contributed by atoms with van der Waals surface area (Å²) < 4.78 is 13.3. The predicted molar refractivity (Wildman–Crippen MR) is 81.4 cm³/mol. The molecule has 1 saturated carbocycles. The maximum atomic E-state index is 13.3. The molecule has 2 rings (SSSR count). The van der Waals surface area contributed by atoms with E-state index in [1.54, 1.807) is 0 Å². The second kappa shape index (κ2) is 7.04. The first-order valence-electron chi connectivity index (χ1n) is 7.06. The van der Waals surface area contributed by atoms with Gasteiger partial charge in [-0.2, -0.15) is 0 Å². The van der Waals surface area contributed by atoms with Gasteiger partial charge in [-0.25, -0.2) is 4.39 Å². The number of anilines is 1. The number of nitrogens with one attached hydrogen (secondary N) is 1. The van der Waals surface area contributed by atoms with Crippen LogP contribution in [0.2, 0.25) is 5.02 Å². The number of hydrogen-bond acceptors (Lipinski definition) is 4. The maximum Gasteiger partial charge on any atom is 0.295 e. The van der Waals surface area contributed by atoms with Gasteiger partial charge in [0.25, 0.3) is 5.69 Å². The van der Waals surface area contributed by atoms with Crippen molar-refractivity contribution in [1.82, 2.24) is 4.90 Å². The van der Waals surface area contributed by atoms with Crippen molar-refractivity contribution in [3.05, 3.63) is 33.1 Å². The molecule has 1 aromatic rings. The first kappa shape index (κ1) is 16.0. The summed E-state index contributed by atoms with van der Waals surface area (Å²) in [7, 11) is 2.06. The molecule has 1 fully saturated rings. The molecule has 0 bridgehead atoms. The molecule has 0 spiro atoms. The highest BCUT2D eigenvalue weighted by Gasteiger charge is 2.20. The van der Waals surface area contributed by atoms with E-state index < -0.39 is 10.7 Å². The highest BCUT2D eigenvalue weighted by Crippen LogP contribution is 2.30. The van der Waals surface area contributed by atoms with Gasteiger partial charge in [0.05, 0.1) is 16.0 Å². The lowest BCUT2D eigenvalue weighted by atomic mass is 10.2. The Bertz CT molecular complexity index is 521. The van der Waals surface area contributed by atoms with Gasteiger partial charge in [-0.15, -0.1) is 0 Å². The van der Waals surface area contributed by atoms with Crippen molar-refractivity contribution in [3.8, 4) is 0 Å². The SMILES string of the molecule is CN(CCNc1cc(Cl)c(F)cc1[N+](=O)[O-])C1CCCC1. The number of nitro benzene ring substituents is 1. The molecule has 0 aromatic heterocycles. The summed E-state index contributed by atoms with van der Waals surface area (Å²) >= 11 is 5.69. The molecule has 0 heterocycles. The Morgan fingerprint density at radius 2 is 2.14 bits per heavy atom. The predicted octanol–water partition coefficient (Wildman–Crippen LogP) is 3.67. The number of halogens is 2. The Balaban J connectivity index is 1.96. The smallest absolute Gasteiger partial charge is 0.295 e. The largest absolute Gasteiger partial charge is 0.378 e. The monoisotopic (exact) mass is 315 g/mol. The van der Waals surface area contributed by atoms with E-state index in [1.165, 1.54) is 31.7 Å². The molecule has 116 valence electrons. The molecule has 21 heavy (non-hydrogen) atoms. The summed E-state index contributed by atoms with van der Waals surface area (Å²) in [6, 6.07) is 2.72. The van der Waals surface area contributed by atoms with E-state index in [1.807, 2.05) is 0 Å². The zero-order valence-electron chi connectivity index (χ0n) is 11.9. The van der Waals surface area contributed by atoms with Gasteiger partial charge in [-0.3, -0.25) is 10.1 Å². The minimum Gasteiger partial charge on any atom is -0.378 e. The van der Waals surface area contributed by atoms with E-state index >= 15 is 0 Å². The highest BCUT2D eigenvalue weighted by atomic mass is 35.5. The molecular formula is C14H19ClFN3O2. The number of nitro groups is 1. The Morgan fingerprint density at radius 3 is 2.76 bits per heavy atom. The van der Waals surface area contributed by atoms with Crippen LogP contribution < -0.4 is 5.32 Å². The van der Waals surface area contributed by atoms with Crippen molar-refractivity contribution in [1.29, 1.82) is 0 Å². The van der Waals surface area contributed by atoms with Crippen LogP contribution in [-0.2, 0) is 0 Å². The fraction of sp³-hybridized carbons (Fsp3) is 0.571. The van der Waals surface area contributed by atoms with Crippen molar-refractivity contribution in [2.24, 2.45) is 0 Å². The van der Waals surface area contributed by atoms with Crippen LogP contribution in [0.15, 0.2) is 12.1 Å². The molecule has 1 N–H and O–H groups in total. The van der Waals surface area contributed by atoms with Crippen molar-refractivity contribution in [2.75, 3.05) is 25.5 Å². The van der Waals surface area contributed by atoms with Gasteiger partial charge in [-0.05, 0) is 26.0 Å². The van der Waals surface area contributed by atoms with Gasteiger partial charge >= 0.3 is 0 Å². The number of nitrogens with zero attached hydrogens (tertiary/aromatic N) is 2. The molecule has 1 aromatic carbocycles. The lowest BCUT2D eigenvalue weighted by molar-refractivity contribution is -0.384. The average Bonchev–Trinajstić information content (AvgIpc) is 2.96. The van der Waals surface area contributed by atoms with Gasteiger partial charge in [-0.1, -0.05) is 24.4 Å². The normalized spacial score (nSPS) is 15.6. The van der Waals surface area contributed by atoms with E-state index in [4.69, 9.17) is 11.6 Å². The van der Waals surface area contributed by atoms with Crippen LogP contribution in [0, 0.1) is 15.9 Å². The standard InChI is InChI=1S/C14H19ClFN3O2/c1-18(10-4-2-3-5-10)7-6-17-13-8-11(15)12(16)9-14(13)19(20)21/h8-10,17H,2-7H2,1H3. The zero-order chi connectivity index (χ0) is 15.4. The highest BCUT2D eigenvalue weighted by molar-refractivity contribution is 6.31. The van der Waals surface area contributed by atoms with Gasteiger partial charge in [0.1, 0.15) is 11.5 Å². The molecule has 1 aliphatic carbocycles. The zero-order valence-corrected chi connectivity index (χ0v) is 12.7. The van der Waals surface area contributed by atoms with Crippen molar-refractivity contribution in [2.45, 2.75) is 31.7 Å². The van der Waals surface area contributed by atoms with E-state index in [9.17, 15) is 14.5 Å². The lowest BCUT2D eigenvalue weighted by Crippen LogP contribution is -2.33. The van der Waals surface area contributed by atoms with E-state index in [-0.39, 0.29) is 16.4 Å². The molecule has 0 saturated heterocycles. The fourth-order valence-electron chi connectivity index (χ4n) is 2.72. The third-order valence-corrected chi connectivity index (χ3v) is 4.25. The van der Waals surface area contributed by atoms with Gasteiger partial charge in [0, 0.05) is 19.1 Å². The molecule has 7 heteroatoms. The Kier molecular flexibility index (Phi) is 5.36. The van der Waals surface area contributed by atoms with E-state index in [2.05, 4.69) is 17.3 Å². The van der Waals surface area contributed by atoms with Gasteiger partial charge in [0.15, 0.2) is 0 Å². The molecular weight excluding hydrogens is 297 g/mol. The quantitative estimate of drug-likeness (QED) is 0.642. The first-order valence-corrected chi connectivity index (χ1v) is 7.44. The molecule has 0 unspecified atom stereocenters. The molecule has 5 nitrogen and oxygen atoms in total. The van der Waals surface area contributed by atoms with E-state index in [0.29, 0.717) is 12.6 Å². The second-order valence-corrected chi connectivity index (χ2v) is 5.79. The van der Waals surface area contributed by atoms with Crippen LogP contribution in [0.3, 0.4) is 0 Å². The summed E-state index contributed by atoms with van der Waals surface area (Å²) in [6.45, 7) is 1.33. The van der Waals surface area contributed by atoms with Crippen molar-refractivity contribution >= 4 is 23.0 Å². The minimum atomic E-state index is -0.781. The number of rotatable bonds is 6. The van der Waals surface area contributed by atoms with Gasteiger partial charge in [0.2, 0.25) is 0 Å². The van der Waals surface area contributed by atoms with Crippen LogP contribution in [0.4, 0.5) is 15.8 Å². The summed E-state index contributed by atoms with van der Waals surface area (Å²) in [5.74, 6) is -0.781. The minimum absolute atomic E-state index is 0.118. The van der Waals surface area contributed by atoms with Gasteiger partial charge < -0.3 is 10.2 Å². The topological polar surface area (TPSA) is 58.4 Å². The summed E-state index contributed by atoms with van der Waals surface area (Å²) in [4.78, 5) is 12.6. The molecule has 1 aliphatic rings. The average molecular weight is 316 g/mol. The Hall–Kier alpha value is -1.40. The van der Waals surface area contributed by atoms with Crippen LogP contribution >= 0.6 is 11.6 Å². The molecule has 0 radical (unpaired) electrons. The number of benzene rings is 1. The summed E-state index contributed by atoms with van der Waals surface area (Å²) in [6.07, 6.45) is 4.95. The first-order chi connectivity index (χ1) is 9.99. The third kappa shape index (κ3) is 4.04. The number of likely N-dealkylation sites (N-methyl/N-ethyl adjacent to an activating group) is 1. The van der Waals surface area contributed by atoms with Crippen LogP contribution in [0.5, 0.6) is 0 Å². The number of hydrogen-bond donors (Lipinski definition) is 1.